The van der Waals surface area contributed by atoms with Gasteiger partial charge in [-0.05, 0) is 25.5 Å². The van der Waals surface area contributed by atoms with Crippen LogP contribution in [0.4, 0.5) is 5.69 Å². The maximum Gasteiger partial charge on any atom is 0.326 e. The molecule has 0 aliphatic carbocycles. The summed E-state index contributed by atoms with van der Waals surface area (Å²) < 4.78 is 0. The zero-order valence-corrected chi connectivity index (χ0v) is 15.7. The summed E-state index contributed by atoms with van der Waals surface area (Å²) in [6, 6.07) is 8.22. The summed E-state index contributed by atoms with van der Waals surface area (Å²) in [5.74, 6) is -1.09. The van der Waals surface area contributed by atoms with Crippen molar-refractivity contribution in [3.63, 3.8) is 0 Å². The van der Waals surface area contributed by atoms with Crippen molar-refractivity contribution in [2.75, 3.05) is 4.90 Å². The van der Waals surface area contributed by atoms with Gasteiger partial charge in [0.1, 0.15) is 6.04 Å². The Morgan fingerprint density at radius 3 is 1.96 bits per heavy atom. The van der Waals surface area contributed by atoms with E-state index in [1.54, 1.807) is 19.1 Å². The number of carbonyl (C=O) groups is 2. The van der Waals surface area contributed by atoms with Gasteiger partial charge >= 0.3 is 5.97 Å². The molecule has 4 heteroatoms. The molecule has 1 rings (SSSR count). The first kappa shape index (κ1) is 21.2. The number of hydrogen-bond donors (Lipinski definition) is 1. The normalized spacial score (nSPS) is 11.9. The topological polar surface area (TPSA) is 57.6 Å². The van der Waals surface area contributed by atoms with Gasteiger partial charge in [0.25, 0.3) is 0 Å². The molecule has 1 N–H and O–H groups in total. The first-order chi connectivity index (χ1) is 12.1. The number of benzene rings is 1. The van der Waals surface area contributed by atoms with Crippen molar-refractivity contribution in [1.82, 2.24) is 0 Å². The summed E-state index contributed by atoms with van der Waals surface area (Å²) in [7, 11) is 0. The van der Waals surface area contributed by atoms with Gasteiger partial charge in [-0.15, -0.1) is 0 Å². The van der Waals surface area contributed by atoms with Gasteiger partial charge in [-0.2, -0.15) is 0 Å². The molecule has 1 atom stereocenters. The second-order valence-corrected chi connectivity index (χ2v) is 6.69. The third-order valence-corrected chi connectivity index (χ3v) is 4.54. The third-order valence-electron chi connectivity index (χ3n) is 4.54. The van der Waals surface area contributed by atoms with Crippen LogP contribution in [0.1, 0.15) is 78.1 Å². The van der Waals surface area contributed by atoms with Gasteiger partial charge in [0.15, 0.2) is 0 Å². The largest absolute Gasteiger partial charge is 0.480 e. The average molecular weight is 347 g/mol. The average Bonchev–Trinajstić information content (AvgIpc) is 2.61. The standard InChI is InChI=1S/C21H33NO3/c1-3-4-5-6-7-8-9-10-14-17-20(23)22(18(2)21(24)25)19-15-12-11-13-16-19/h11-13,15-16,18H,3-10,14,17H2,1-2H3,(H,24,25)/t18-/m0/s1. The molecule has 140 valence electrons. The van der Waals surface area contributed by atoms with Crippen LogP contribution in [0.5, 0.6) is 0 Å². The van der Waals surface area contributed by atoms with Crippen molar-refractivity contribution in [3.8, 4) is 0 Å². The Morgan fingerprint density at radius 2 is 1.44 bits per heavy atom. The second kappa shape index (κ2) is 12.5. The predicted octanol–water partition coefficient (Wildman–Crippen LogP) is 5.41. The molecule has 0 spiro atoms. The van der Waals surface area contributed by atoms with Crippen molar-refractivity contribution in [2.24, 2.45) is 0 Å². The molecule has 0 fully saturated rings. The van der Waals surface area contributed by atoms with E-state index in [0.717, 1.165) is 19.3 Å². The quantitative estimate of drug-likeness (QED) is 0.485. The summed E-state index contributed by atoms with van der Waals surface area (Å²) in [5.41, 5.74) is 0.651. The van der Waals surface area contributed by atoms with Gasteiger partial charge < -0.3 is 5.11 Å². The fourth-order valence-corrected chi connectivity index (χ4v) is 2.99. The first-order valence-corrected chi connectivity index (χ1v) is 9.67. The van der Waals surface area contributed by atoms with E-state index < -0.39 is 12.0 Å². The highest BCUT2D eigenvalue weighted by Crippen LogP contribution is 2.19. The van der Waals surface area contributed by atoms with Gasteiger partial charge in [0.2, 0.25) is 5.91 Å². The number of carboxylic acid groups (broad SMARTS) is 1. The molecule has 0 aliphatic heterocycles. The summed E-state index contributed by atoms with van der Waals surface area (Å²) in [5, 5.41) is 9.30. The van der Waals surface area contributed by atoms with E-state index in [2.05, 4.69) is 6.92 Å². The second-order valence-electron chi connectivity index (χ2n) is 6.69. The Morgan fingerprint density at radius 1 is 0.920 bits per heavy atom. The number of anilines is 1. The van der Waals surface area contributed by atoms with Crippen LogP contribution in [0.25, 0.3) is 0 Å². The number of hydrogen-bond acceptors (Lipinski definition) is 2. The molecule has 4 nitrogen and oxygen atoms in total. The van der Waals surface area contributed by atoms with Crippen LogP contribution < -0.4 is 4.90 Å². The van der Waals surface area contributed by atoms with Crippen LogP contribution >= 0.6 is 0 Å². The summed E-state index contributed by atoms with van der Waals surface area (Å²) in [6.45, 7) is 3.78. The van der Waals surface area contributed by atoms with Crippen LogP contribution in [0.2, 0.25) is 0 Å². The molecular formula is C21H33NO3. The lowest BCUT2D eigenvalue weighted by molar-refractivity contribution is -0.139. The van der Waals surface area contributed by atoms with E-state index in [0.29, 0.717) is 12.1 Å². The number of carbonyl (C=O) groups excluding carboxylic acids is 1. The van der Waals surface area contributed by atoms with Gasteiger partial charge in [-0.25, -0.2) is 4.79 Å². The minimum Gasteiger partial charge on any atom is -0.480 e. The molecular weight excluding hydrogens is 314 g/mol. The number of unbranched alkanes of at least 4 members (excludes halogenated alkanes) is 8. The SMILES string of the molecule is CCCCCCCCCCCC(=O)N(c1ccccc1)[C@@H](C)C(=O)O. The van der Waals surface area contributed by atoms with Crippen LogP contribution in [0.15, 0.2) is 30.3 Å². The highest BCUT2D eigenvalue weighted by Gasteiger charge is 2.26. The molecule has 0 saturated carbocycles. The maximum absolute atomic E-state index is 12.6. The Bertz CT molecular complexity index is 501. The lowest BCUT2D eigenvalue weighted by atomic mass is 10.1. The van der Waals surface area contributed by atoms with Gasteiger partial charge in [-0.1, -0.05) is 76.5 Å². The predicted molar refractivity (Wildman–Crippen MR) is 103 cm³/mol. The molecule has 0 aliphatic rings. The molecule has 25 heavy (non-hydrogen) atoms. The van der Waals surface area contributed by atoms with E-state index in [1.165, 1.54) is 43.4 Å². The molecule has 0 radical (unpaired) electrons. The Kier molecular flexibility index (Phi) is 10.6. The summed E-state index contributed by atoms with van der Waals surface area (Å²) in [4.78, 5) is 25.3. The van der Waals surface area contributed by atoms with E-state index in [1.807, 2.05) is 18.2 Å². The van der Waals surface area contributed by atoms with E-state index in [-0.39, 0.29) is 5.91 Å². The summed E-state index contributed by atoms with van der Waals surface area (Å²) in [6.07, 6.45) is 11.2. The smallest absolute Gasteiger partial charge is 0.326 e. The van der Waals surface area contributed by atoms with Crippen molar-refractivity contribution < 1.29 is 14.7 Å². The number of rotatable bonds is 13. The number of aliphatic carboxylic acids is 1. The highest BCUT2D eigenvalue weighted by atomic mass is 16.4. The van der Waals surface area contributed by atoms with Gasteiger partial charge in [0.05, 0.1) is 0 Å². The molecule has 1 amide bonds. The molecule has 0 bridgehead atoms. The van der Waals surface area contributed by atoms with Crippen molar-refractivity contribution in [1.29, 1.82) is 0 Å². The molecule has 0 unspecified atom stereocenters. The fourth-order valence-electron chi connectivity index (χ4n) is 2.99. The molecule has 0 heterocycles. The Hall–Kier alpha value is -1.84. The number of carboxylic acids is 1. The fraction of sp³-hybridized carbons (Fsp3) is 0.619. The lowest BCUT2D eigenvalue weighted by Crippen LogP contribution is -2.43. The third kappa shape index (κ3) is 8.19. The zero-order valence-electron chi connectivity index (χ0n) is 15.7. The number of amides is 1. The molecule has 1 aromatic rings. The van der Waals surface area contributed by atoms with Crippen LogP contribution in [-0.4, -0.2) is 23.0 Å². The van der Waals surface area contributed by atoms with Crippen molar-refractivity contribution in [2.45, 2.75) is 84.1 Å². The van der Waals surface area contributed by atoms with Gasteiger partial charge in [-0.3, -0.25) is 9.69 Å². The zero-order chi connectivity index (χ0) is 18.5. The van der Waals surface area contributed by atoms with E-state index in [4.69, 9.17) is 0 Å². The Balaban J connectivity index is 2.37. The molecule has 0 saturated heterocycles. The summed E-state index contributed by atoms with van der Waals surface area (Å²) >= 11 is 0. The van der Waals surface area contributed by atoms with E-state index >= 15 is 0 Å². The number of para-hydroxylation sites is 1. The van der Waals surface area contributed by atoms with E-state index in [9.17, 15) is 14.7 Å². The van der Waals surface area contributed by atoms with Crippen LogP contribution in [-0.2, 0) is 9.59 Å². The minimum absolute atomic E-state index is 0.107. The number of nitrogens with zero attached hydrogens (tertiary/aromatic N) is 1. The van der Waals surface area contributed by atoms with Crippen molar-refractivity contribution >= 4 is 17.6 Å². The highest BCUT2D eigenvalue weighted by molar-refractivity contribution is 5.98. The first-order valence-electron chi connectivity index (χ1n) is 9.67. The van der Waals surface area contributed by atoms with Crippen LogP contribution in [0.3, 0.4) is 0 Å². The Labute approximate surface area is 152 Å². The lowest BCUT2D eigenvalue weighted by Gasteiger charge is -2.26. The molecule has 1 aromatic carbocycles. The van der Waals surface area contributed by atoms with Crippen LogP contribution in [0, 0.1) is 0 Å². The van der Waals surface area contributed by atoms with Crippen molar-refractivity contribution in [3.05, 3.63) is 30.3 Å². The molecule has 0 aromatic heterocycles. The minimum atomic E-state index is -0.982. The maximum atomic E-state index is 12.6. The van der Waals surface area contributed by atoms with Gasteiger partial charge in [0, 0.05) is 12.1 Å². The monoisotopic (exact) mass is 347 g/mol.